The third-order valence-electron chi connectivity index (χ3n) is 3.51. The van der Waals surface area contributed by atoms with E-state index in [0.717, 1.165) is 6.07 Å². The topological polar surface area (TPSA) is 51.7 Å². The van der Waals surface area contributed by atoms with Gasteiger partial charge >= 0.3 is 12.3 Å². The van der Waals surface area contributed by atoms with Gasteiger partial charge in [-0.1, -0.05) is 11.6 Å². The Kier molecular flexibility index (Phi) is 5.71. The Balaban J connectivity index is 1.91. The molecule has 1 aromatic rings. The average Bonchev–Trinajstić information content (AvgIpc) is 2.47. The highest BCUT2D eigenvalue weighted by atomic mass is 35.5. The summed E-state index contributed by atoms with van der Waals surface area (Å²) in [6, 6.07) is 0.791. The summed E-state index contributed by atoms with van der Waals surface area (Å²) in [6.07, 6.45) is -3.46. The number of carbonyl (C=O) groups excluding carboxylic acids is 1. The molecule has 5 nitrogen and oxygen atoms in total. The number of pyridine rings is 1. The van der Waals surface area contributed by atoms with E-state index in [0.29, 0.717) is 32.1 Å². The van der Waals surface area contributed by atoms with Gasteiger partial charge in [-0.2, -0.15) is 13.2 Å². The van der Waals surface area contributed by atoms with Crippen molar-refractivity contribution >= 4 is 17.7 Å². The number of halogens is 4. The summed E-state index contributed by atoms with van der Waals surface area (Å²) in [7, 11) is 0. The molecule has 1 saturated heterocycles. The molecule has 0 spiro atoms. The van der Waals surface area contributed by atoms with Crippen LogP contribution in [0.4, 0.5) is 18.0 Å². The SMILES string of the molecule is CC(C)(C)OC(=O)N1CCC(Oc2ncc(C(F)(F)F)cc2Cl)CC1. The van der Waals surface area contributed by atoms with E-state index in [1.807, 2.05) is 0 Å². The van der Waals surface area contributed by atoms with Crippen LogP contribution in [-0.2, 0) is 10.9 Å². The first-order valence-electron chi connectivity index (χ1n) is 7.83. The van der Waals surface area contributed by atoms with Gasteiger partial charge in [0.05, 0.1) is 5.56 Å². The molecule has 0 atom stereocenters. The molecule has 1 aliphatic heterocycles. The number of rotatable bonds is 2. The summed E-state index contributed by atoms with van der Waals surface area (Å²) in [6.45, 7) is 6.23. The Morgan fingerprint density at radius 2 is 1.88 bits per heavy atom. The molecule has 1 aromatic heterocycles. The minimum Gasteiger partial charge on any atom is -0.473 e. The standard InChI is InChI=1S/C16H20ClF3N2O3/c1-15(2,3)25-14(23)22-6-4-11(5-7-22)24-13-12(17)8-10(9-21-13)16(18,19)20/h8-9,11H,4-7H2,1-3H3. The number of nitrogens with zero attached hydrogens (tertiary/aromatic N) is 2. The molecule has 1 fully saturated rings. The Hall–Kier alpha value is -1.70. The molecule has 2 heterocycles. The van der Waals surface area contributed by atoms with Crippen LogP contribution in [0, 0.1) is 0 Å². The van der Waals surface area contributed by atoms with Gasteiger partial charge in [-0.15, -0.1) is 0 Å². The van der Waals surface area contributed by atoms with Crippen molar-refractivity contribution in [3.63, 3.8) is 0 Å². The van der Waals surface area contributed by atoms with Crippen molar-refractivity contribution in [3.8, 4) is 5.88 Å². The minimum atomic E-state index is -4.51. The fourth-order valence-electron chi connectivity index (χ4n) is 2.31. The Bertz CT molecular complexity index is 624. The highest BCUT2D eigenvalue weighted by molar-refractivity contribution is 6.31. The van der Waals surface area contributed by atoms with Crippen molar-refractivity contribution in [2.45, 2.75) is 51.5 Å². The molecule has 140 valence electrons. The van der Waals surface area contributed by atoms with Crippen molar-refractivity contribution < 1.29 is 27.4 Å². The first-order chi connectivity index (χ1) is 11.5. The number of ether oxygens (including phenoxy) is 2. The summed E-state index contributed by atoms with van der Waals surface area (Å²) < 4.78 is 48.7. The monoisotopic (exact) mass is 380 g/mol. The van der Waals surface area contributed by atoms with Crippen LogP contribution in [0.1, 0.15) is 39.2 Å². The highest BCUT2D eigenvalue weighted by Crippen LogP contribution is 2.34. The zero-order valence-corrected chi connectivity index (χ0v) is 14.9. The third-order valence-corrected chi connectivity index (χ3v) is 3.78. The molecule has 2 rings (SSSR count). The van der Waals surface area contributed by atoms with Gasteiger partial charge in [0.25, 0.3) is 0 Å². The molecule has 0 aliphatic carbocycles. The van der Waals surface area contributed by atoms with E-state index in [9.17, 15) is 18.0 Å². The normalized spacial score (nSPS) is 16.7. The number of piperidine rings is 1. The number of aromatic nitrogens is 1. The molecule has 1 aliphatic rings. The molecule has 0 radical (unpaired) electrons. The number of amides is 1. The Morgan fingerprint density at radius 1 is 1.28 bits per heavy atom. The highest BCUT2D eigenvalue weighted by Gasteiger charge is 2.32. The fraction of sp³-hybridized carbons (Fsp3) is 0.625. The second-order valence-corrected chi connectivity index (χ2v) is 7.20. The van der Waals surface area contributed by atoms with Crippen LogP contribution in [0.15, 0.2) is 12.3 Å². The number of carbonyl (C=O) groups is 1. The molecule has 0 saturated carbocycles. The first kappa shape index (κ1) is 19.6. The molecule has 0 N–H and O–H groups in total. The average molecular weight is 381 g/mol. The molecule has 0 bridgehead atoms. The molecule has 0 unspecified atom stereocenters. The van der Waals surface area contributed by atoms with Gasteiger partial charge in [-0.05, 0) is 26.8 Å². The van der Waals surface area contributed by atoms with Crippen LogP contribution in [0.3, 0.4) is 0 Å². The Morgan fingerprint density at radius 3 is 2.36 bits per heavy atom. The van der Waals surface area contributed by atoms with Crippen LogP contribution in [0.2, 0.25) is 5.02 Å². The van der Waals surface area contributed by atoms with E-state index >= 15 is 0 Å². The van der Waals surface area contributed by atoms with Gasteiger partial charge in [0, 0.05) is 32.1 Å². The van der Waals surface area contributed by atoms with Crippen molar-refractivity contribution in [1.29, 1.82) is 0 Å². The van der Waals surface area contributed by atoms with Gasteiger partial charge < -0.3 is 14.4 Å². The quantitative estimate of drug-likeness (QED) is 0.756. The molecular weight excluding hydrogens is 361 g/mol. The lowest BCUT2D eigenvalue weighted by Gasteiger charge is -2.33. The minimum absolute atomic E-state index is 0.0367. The molecule has 1 amide bonds. The van der Waals surface area contributed by atoms with E-state index in [2.05, 4.69) is 4.98 Å². The first-order valence-corrected chi connectivity index (χ1v) is 8.21. The van der Waals surface area contributed by atoms with Gasteiger partial charge in [0.1, 0.15) is 16.7 Å². The second-order valence-electron chi connectivity index (χ2n) is 6.79. The predicted octanol–water partition coefficient (Wildman–Crippen LogP) is 4.53. The Labute approximate surface area is 149 Å². The lowest BCUT2D eigenvalue weighted by Crippen LogP contribution is -2.44. The smallest absolute Gasteiger partial charge is 0.417 e. The summed E-state index contributed by atoms with van der Waals surface area (Å²) in [5.41, 5.74) is -1.49. The summed E-state index contributed by atoms with van der Waals surface area (Å²) in [5.74, 6) is -0.0367. The van der Waals surface area contributed by atoms with Crippen LogP contribution >= 0.6 is 11.6 Å². The maximum atomic E-state index is 12.6. The van der Waals surface area contributed by atoms with E-state index in [-0.39, 0.29) is 17.0 Å². The second kappa shape index (κ2) is 7.27. The predicted molar refractivity (Wildman–Crippen MR) is 85.7 cm³/mol. The van der Waals surface area contributed by atoms with Crippen LogP contribution in [0.25, 0.3) is 0 Å². The number of hydrogen-bond acceptors (Lipinski definition) is 4. The van der Waals surface area contributed by atoms with E-state index in [1.165, 1.54) is 0 Å². The van der Waals surface area contributed by atoms with Gasteiger partial charge in [0.15, 0.2) is 0 Å². The molecule has 9 heteroatoms. The largest absolute Gasteiger partial charge is 0.473 e. The number of hydrogen-bond donors (Lipinski definition) is 0. The zero-order valence-electron chi connectivity index (χ0n) is 14.2. The third kappa shape index (κ3) is 5.66. The molecular formula is C16H20ClF3N2O3. The van der Waals surface area contributed by atoms with E-state index in [1.54, 1.807) is 25.7 Å². The maximum absolute atomic E-state index is 12.6. The van der Waals surface area contributed by atoms with Crippen LogP contribution < -0.4 is 4.74 Å². The van der Waals surface area contributed by atoms with Crippen LogP contribution in [0.5, 0.6) is 5.88 Å². The molecule has 25 heavy (non-hydrogen) atoms. The van der Waals surface area contributed by atoms with Gasteiger partial charge in [-0.25, -0.2) is 9.78 Å². The lowest BCUT2D eigenvalue weighted by atomic mass is 10.1. The van der Waals surface area contributed by atoms with Crippen LogP contribution in [-0.4, -0.2) is 40.8 Å². The summed E-state index contributed by atoms with van der Waals surface area (Å²) >= 11 is 5.83. The lowest BCUT2D eigenvalue weighted by molar-refractivity contribution is -0.137. The van der Waals surface area contributed by atoms with E-state index < -0.39 is 23.4 Å². The molecule has 0 aromatic carbocycles. The van der Waals surface area contributed by atoms with Crippen molar-refractivity contribution in [1.82, 2.24) is 9.88 Å². The fourth-order valence-corrected chi connectivity index (χ4v) is 2.52. The van der Waals surface area contributed by atoms with E-state index in [4.69, 9.17) is 21.1 Å². The summed E-state index contributed by atoms with van der Waals surface area (Å²) in [5, 5.41) is -0.190. The van der Waals surface area contributed by atoms with Gasteiger partial charge in [0.2, 0.25) is 5.88 Å². The number of alkyl halides is 3. The number of likely N-dealkylation sites (tertiary alicyclic amines) is 1. The van der Waals surface area contributed by atoms with Crippen molar-refractivity contribution in [3.05, 3.63) is 22.8 Å². The maximum Gasteiger partial charge on any atom is 0.417 e. The zero-order chi connectivity index (χ0) is 18.8. The van der Waals surface area contributed by atoms with Crippen molar-refractivity contribution in [2.75, 3.05) is 13.1 Å². The van der Waals surface area contributed by atoms with Crippen molar-refractivity contribution in [2.24, 2.45) is 0 Å². The van der Waals surface area contributed by atoms with Gasteiger partial charge in [-0.3, -0.25) is 0 Å². The summed E-state index contributed by atoms with van der Waals surface area (Å²) in [4.78, 5) is 17.2.